The minimum absolute atomic E-state index is 0.00232. The fourth-order valence-corrected chi connectivity index (χ4v) is 4.10. The van der Waals surface area contributed by atoms with Crippen molar-refractivity contribution in [3.63, 3.8) is 0 Å². The van der Waals surface area contributed by atoms with Crippen molar-refractivity contribution in [3.05, 3.63) is 69.0 Å². The first kappa shape index (κ1) is 20.6. The molecule has 0 aromatic heterocycles. The second-order valence-electron chi connectivity index (χ2n) is 7.99. The fourth-order valence-electron chi connectivity index (χ4n) is 4.10. The first-order chi connectivity index (χ1) is 15.6. The van der Waals surface area contributed by atoms with Gasteiger partial charge >= 0.3 is 0 Å². The Bertz CT molecular complexity index is 1080. The number of hydrogen-bond acceptors (Lipinski definition) is 8. The van der Waals surface area contributed by atoms with Crippen molar-refractivity contribution in [3.8, 4) is 11.5 Å². The molecule has 9 heteroatoms. The zero-order valence-corrected chi connectivity index (χ0v) is 17.5. The van der Waals surface area contributed by atoms with Gasteiger partial charge in [0.15, 0.2) is 5.76 Å². The number of nitrogens with zero attached hydrogens (tertiary/aromatic N) is 3. The number of carbonyl (C=O) groups excluding carboxylic acids is 1. The molecule has 5 rings (SSSR count). The predicted octanol–water partition coefficient (Wildman–Crippen LogP) is 2.70. The standard InChI is InChI=1S/C23H23N3O6/c27-22-18-5-6-20-19(14-25(15-31-20)8-7-24-9-11-30-12-10-24)23(18)32-21(22)13-16-1-3-17(4-2-16)26(28)29/h1-6,13H,7-12,14-15H2/b21-13-. The van der Waals surface area contributed by atoms with Gasteiger partial charge < -0.3 is 14.2 Å². The second kappa shape index (κ2) is 8.70. The summed E-state index contributed by atoms with van der Waals surface area (Å²) in [5, 5.41) is 10.8. The van der Waals surface area contributed by atoms with E-state index in [-0.39, 0.29) is 17.2 Å². The van der Waals surface area contributed by atoms with Crippen molar-refractivity contribution in [1.29, 1.82) is 0 Å². The van der Waals surface area contributed by atoms with E-state index in [2.05, 4.69) is 9.80 Å². The maximum Gasteiger partial charge on any atom is 0.269 e. The third-order valence-electron chi connectivity index (χ3n) is 5.92. The number of allylic oxidation sites excluding steroid dienone is 1. The van der Waals surface area contributed by atoms with Gasteiger partial charge in [-0.2, -0.15) is 0 Å². The van der Waals surface area contributed by atoms with Crippen LogP contribution in [0.1, 0.15) is 21.5 Å². The number of rotatable bonds is 5. The molecule has 0 aliphatic carbocycles. The Morgan fingerprint density at radius 1 is 1.03 bits per heavy atom. The van der Waals surface area contributed by atoms with Crippen LogP contribution in [0.2, 0.25) is 0 Å². The largest absolute Gasteiger partial charge is 0.478 e. The Kier molecular flexibility index (Phi) is 5.60. The summed E-state index contributed by atoms with van der Waals surface area (Å²) in [5.41, 5.74) is 2.04. The summed E-state index contributed by atoms with van der Waals surface area (Å²) >= 11 is 0. The number of morpholine rings is 1. The molecular weight excluding hydrogens is 414 g/mol. The van der Waals surface area contributed by atoms with Crippen molar-refractivity contribution in [1.82, 2.24) is 9.80 Å². The molecule has 2 aromatic carbocycles. The first-order valence-electron chi connectivity index (χ1n) is 10.6. The average Bonchev–Trinajstić information content (AvgIpc) is 3.14. The average molecular weight is 437 g/mol. The van der Waals surface area contributed by atoms with Gasteiger partial charge in [0, 0.05) is 44.9 Å². The van der Waals surface area contributed by atoms with Crippen LogP contribution in [0.25, 0.3) is 6.08 Å². The summed E-state index contributed by atoms with van der Waals surface area (Å²) in [6.07, 6.45) is 1.61. The summed E-state index contributed by atoms with van der Waals surface area (Å²) in [4.78, 5) is 27.9. The summed E-state index contributed by atoms with van der Waals surface area (Å²) in [7, 11) is 0. The molecular formula is C23H23N3O6. The third kappa shape index (κ3) is 4.10. The van der Waals surface area contributed by atoms with E-state index in [1.165, 1.54) is 12.1 Å². The number of ether oxygens (including phenoxy) is 3. The molecule has 1 fully saturated rings. The summed E-state index contributed by atoms with van der Waals surface area (Å²) in [6, 6.07) is 9.55. The number of Topliss-reactive ketones (excluding diaryl/α,β-unsaturated/α-hetero) is 1. The van der Waals surface area contributed by atoms with Gasteiger partial charge in [0.2, 0.25) is 5.78 Å². The topological polar surface area (TPSA) is 94.4 Å². The number of nitro benzene ring substituents is 1. The normalized spacial score (nSPS) is 19.9. The highest BCUT2D eigenvalue weighted by atomic mass is 16.6. The fraction of sp³-hybridized carbons (Fsp3) is 0.348. The van der Waals surface area contributed by atoms with Crippen LogP contribution in [-0.2, 0) is 11.3 Å². The van der Waals surface area contributed by atoms with Crippen LogP contribution in [-0.4, -0.2) is 66.6 Å². The number of ketones is 1. The maximum atomic E-state index is 12.9. The SMILES string of the molecule is O=C1/C(=C/c2ccc([N+](=O)[O-])cc2)Oc2c1ccc1c2CN(CCN2CCOCC2)CO1. The Balaban J connectivity index is 1.32. The molecule has 0 radical (unpaired) electrons. The Morgan fingerprint density at radius 2 is 1.78 bits per heavy atom. The minimum Gasteiger partial charge on any atom is -0.478 e. The monoisotopic (exact) mass is 437 g/mol. The van der Waals surface area contributed by atoms with Crippen molar-refractivity contribution in [2.24, 2.45) is 0 Å². The molecule has 0 bridgehead atoms. The molecule has 0 spiro atoms. The van der Waals surface area contributed by atoms with Crippen LogP contribution in [0.15, 0.2) is 42.2 Å². The molecule has 3 aliphatic heterocycles. The van der Waals surface area contributed by atoms with Crippen molar-refractivity contribution in [2.75, 3.05) is 46.1 Å². The van der Waals surface area contributed by atoms with Gasteiger partial charge in [-0.15, -0.1) is 0 Å². The van der Waals surface area contributed by atoms with E-state index >= 15 is 0 Å². The van der Waals surface area contributed by atoms with Crippen LogP contribution in [0, 0.1) is 10.1 Å². The molecule has 0 saturated carbocycles. The lowest BCUT2D eigenvalue weighted by molar-refractivity contribution is -0.384. The molecule has 0 unspecified atom stereocenters. The van der Waals surface area contributed by atoms with Gasteiger partial charge in [-0.05, 0) is 35.9 Å². The van der Waals surface area contributed by atoms with Crippen LogP contribution >= 0.6 is 0 Å². The molecule has 2 aromatic rings. The van der Waals surface area contributed by atoms with Crippen LogP contribution < -0.4 is 9.47 Å². The summed E-state index contributed by atoms with van der Waals surface area (Å²) in [5.74, 6) is 1.27. The molecule has 3 heterocycles. The molecule has 3 aliphatic rings. The van der Waals surface area contributed by atoms with E-state index in [4.69, 9.17) is 14.2 Å². The molecule has 32 heavy (non-hydrogen) atoms. The number of nitro groups is 1. The van der Waals surface area contributed by atoms with Crippen LogP contribution in [0.4, 0.5) is 5.69 Å². The number of non-ortho nitro benzene ring substituents is 1. The Labute approximate surface area is 184 Å². The van der Waals surface area contributed by atoms with Gasteiger partial charge in [0.1, 0.15) is 18.2 Å². The highest BCUT2D eigenvalue weighted by Crippen LogP contribution is 2.42. The quantitative estimate of drug-likeness (QED) is 0.400. The Hall–Kier alpha value is -3.27. The summed E-state index contributed by atoms with van der Waals surface area (Å²) in [6.45, 7) is 6.34. The van der Waals surface area contributed by atoms with Crippen LogP contribution in [0.3, 0.4) is 0 Å². The van der Waals surface area contributed by atoms with Gasteiger partial charge in [-0.1, -0.05) is 0 Å². The molecule has 1 saturated heterocycles. The second-order valence-corrected chi connectivity index (χ2v) is 7.99. The van der Waals surface area contributed by atoms with Gasteiger partial charge in [-0.3, -0.25) is 24.7 Å². The third-order valence-corrected chi connectivity index (χ3v) is 5.92. The molecule has 166 valence electrons. The van der Waals surface area contributed by atoms with E-state index in [1.807, 2.05) is 6.07 Å². The highest BCUT2D eigenvalue weighted by Gasteiger charge is 2.33. The minimum atomic E-state index is -0.457. The van der Waals surface area contributed by atoms with Crippen molar-refractivity contribution >= 4 is 17.5 Å². The number of carbonyl (C=O) groups is 1. The molecule has 0 atom stereocenters. The number of fused-ring (bicyclic) bond motifs is 3. The van der Waals surface area contributed by atoms with E-state index in [9.17, 15) is 14.9 Å². The maximum absolute atomic E-state index is 12.9. The lowest BCUT2D eigenvalue weighted by Crippen LogP contribution is -2.43. The van der Waals surface area contributed by atoms with Crippen molar-refractivity contribution in [2.45, 2.75) is 6.54 Å². The van der Waals surface area contributed by atoms with Crippen LogP contribution in [0.5, 0.6) is 11.5 Å². The number of hydrogen-bond donors (Lipinski definition) is 0. The first-order valence-corrected chi connectivity index (χ1v) is 10.6. The lowest BCUT2D eigenvalue weighted by Gasteiger charge is -2.33. The van der Waals surface area contributed by atoms with Crippen molar-refractivity contribution < 1.29 is 23.9 Å². The van der Waals surface area contributed by atoms with E-state index in [1.54, 1.807) is 24.3 Å². The zero-order valence-electron chi connectivity index (χ0n) is 17.5. The van der Waals surface area contributed by atoms with E-state index in [0.29, 0.717) is 30.2 Å². The van der Waals surface area contributed by atoms with Gasteiger partial charge in [0.25, 0.3) is 5.69 Å². The van der Waals surface area contributed by atoms with Gasteiger partial charge in [0.05, 0.1) is 29.3 Å². The highest BCUT2D eigenvalue weighted by molar-refractivity contribution is 6.15. The lowest BCUT2D eigenvalue weighted by atomic mass is 10.0. The molecule has 0 N–H and O–H groups in total. The predicted molar refractivity (Wildman–Crippen MR) is 116 cm³/mol. The van der Waals surface area contributed by atoms with E-state index in [0.717, 1.165) is 50.7 Å². The smallest absolute Gasteiger partial charge is 0.269 e. The Morgan fingerprint density at radius 3 is 2.53 bits per heavy atom. The molecule has 9 nitrogen and oxygen atoms in total. The molecule has 0 amide bonds. The number of benzene rings is 2. The van der Waals surface area contributed by atoms with Gasteiger partial charge in [-0.25, -0.2) is 0 Å². The van der Waals surface area contributed by atoms with E-state index < -0.39 is 4.92 Å². The summed E-state index contributed by atoms with van der Waals surface area (Å²) < 4.78 is 17.3. The zero-order chi connectivity index (χ0) is 22.1.